The van der Waals surface area contributed by atoms with E-state index < -0.39 is 5.72 Å². The topological polar surface area (TPSA) is 93.1 Å². The van der Waals surface area contributed by atoms with E-state index in [4.69, 9.17) is 14.7 Å². The van der Waals surface area contributed by atoms with Crippen molar-refractivity contribution in [1.29, 1.82) is 0 Å². The Morgan fingerprint density at radius 3 is 1.90 bits per heavy atom. The van der Waals surface area contributed by atoms with Gasteiger partial charge in [-0.05, 0) is 85.5 Å². The average Bonchev–Trinajstić information content (AvgIpc) is 3.94. The zero-order valence-corrected chi connectivity index (χ0v) is 50.5. The van der Waals surface area contributed by atoms with Crippen LogP contribution in [0.15, 0.2) is 203 Å². The molecule has 80 heavy (non-hydrogen) atoms. The largest absolute Gasteiger partial charge is 0.506 e. The number of likely N-dealkylation sites (N-methyl/N-ethyl adjacent to an activating group) is 2. The molecule has 1 N–H and O–H groups in total. The fourth-order valence-corrected chi connectivity index (χ4v) is 11.8. The molecule has 405 valence electrons. The molecule has 8 aromatic rings. The Kier molecular flexibility index (Phi) is 18.6. The minimum Gasteiger partial charge on any atom is -0.506 e. The van der Waals surface area contributed by atoms with Crippen LogP contribution in [0.25, 0.3) is 27.6 Å². The SMILES string of the molecule is C.C.C.CN1/C(=C/N=C2C(=O)C=Cc3ccccc32)C(C)(C)c2ccccc21.CN1c2ccccc2C(C)(C)C12C=Nc1c(ccc3ccccc13)O2.C[N+]1=C(C=Nc2c(O)ccc3ccccc23)C(C)(C)c2ccccc21.[U].[V]. The molecule has 1 spiro atoms. The summed E-state index contributed by atoms with van der Waals surface area (Å²) in [5.41, 5.74) is 12.5. The number of para-hydroxylation sites is 3. The monoisotopic (exact) mass is 1320 g/mol. The van der Waals surface area contributed by atoms with Crippen molar-refractivity contribution in [2.45, 2.75) is 85.8 Å². The molecule has 4 heterocycles. The fraction of sp³-hybridized carbons (Fsp3) is 0.232. The van der Waals surface area contributed by atoms with Gasteiger partial charge in [-0.15, -0.1) is 0 Å². The van der Waals surface area contributed by atoms with E-state index in [0.717, 1.165) is 50.1 Å². The van der Waals surface area contributed by atoms with Crippen molar-refractivity contribution in [3.8, 4) is 11.5 Å². The molecule has 1 unspecified atom stereocenters. The van der Waals surface area contributed by atoms with Gasteiger partial charge in [-0.25, -0.2) is 4.99 Å². The van der Waals surface area contributed by atoms with Gasteiger partial charge in [-0.3, -0.25) is 14.8 Å². The van der Waals surface area contributed by atoms with Crippen LogP contribution in [0.5, 0.6) is 11.5 Å². The summed E-state index contributed by atoms with van der Waals surface area (Å²) >= 11 is 0. The summed E-state index contributed by atoms with van der Waals surface area (Å²) in [5, 5.41) is 14.6. The predicted molar refractivity (Wildman–Crippen MR) is 331 cm³/mol. The molecule has 1 atom stereocenters. The van der Waals surface area contributed by atoms with Crippen molar-refractivity contribution in [3.63, 3.8) is 0 Å². The van der Waals surface area contributed by atoms with E-state index in [1.54, 1.807) is 12.1 Å². The summed E-state index contributed by atoms with van der Waals surface area (Å²) in [6.07, 6.45) is 9.18. The number of carbonyl (C=O) groups excluding carboxylic acids is 1. The molecule has 1 aliphatic carbocycles. The smallest absolute Gasteiger partial charge is 0.228 e. The number of allylic oxidation sites excluding steroid dienone is 2. The summed E-state index contributed by atoms with van der Waals surface area (Å²) in [7, 11) is 6.21. The van der Waals surface area contributed by atoms with Crippen LogP contribution in [0.3, 0.4) is 0 Å². The second-order valence-electron chi connectivity index (χ2n) is 21.4. The van der Waals surface area contributed by atoms with Gasteiger partial charge in [-0.1, -0.05) is 182 Å². The first-order valence-electron chi connectivity index (χ1n) is 25.5. The quantitative estimate of drug-likeness (QED) is 0.141. The maximum absolute atomic E-state index is 12.4. The van der Waals surface area contributed by atoms with E-state index in [0.29, 0.717) is 11.4 Å². The van der Waals surface area contributed by atoms with Crippen LogP contribution in [0, 0.1) is 31.1 Å². The second kappa shape index (κ2) is 24.0. The van der Waals surface area contributed by atoms with Crippen molar-refractivity contribution in [1.82, 2.24) is 0 Å². The van der Waals surface area contributed by atoms with Crippen LogP contribution in [-0.2, 0) is 39.6 Å². The number of phenolic OH excluding ortho intramolecular Hbond substituents is 1. The van der Waals surface area contributed by atoms with Gasteiger partial charge >= 0.3 is 0 Å². The van der Waals surface area contributed by atoms with E-state index in [9.17, 15) is 9.90 Å². The Balaban J connectivity index is 0.000000188. The summed E-state index contributed by atoms with van der Waals surface area (Å²) in [6.45, 7) is 13.3. The van der Waals surface area contributed by atoms with Crippen molar-refractivity contribution in [2.24, 2.45) is 15.0 Å². The Hall–Kier alpha value is -7.05. The molecule has 13 rings (SSSR count). The van der Waals surface area contributed by atoms with Gasteiger partial charge < -0.3 is 19.6 Å². The Bertz CT molecular complexity index is 3850. The minimum absolute atomic E-state index is 0. The minimum atomic E-state index is -0.619. The number of ether oxygens (including phenoxy) is 1. The summed E-state index contributed by atoms with van der Waals surface area (Å²) in [4.78, 5) is 30.9. The van der Waals surface area contributed by atoms with Crippen molar-refractivity contribution in [2.75, 3.05) is 30.9 Å². The molecule has 0 saturated carbocycles. The number of hydrogen-bond donors (Lipinski definition) is 1. The van der Waals surface area contributed by atoms with Crippen molar-refractivity contribution < 1.29 is 68.9 Å². The van der Waals surface area contributed by atoms with Crippen LogP contribution < -0.4 is 14.5 Å². The first-order valence-corrected chi connectivity index (χ1v) is 25.5. The number of aliphatic imine (C=N–C) groups is 3. The molecule has 0 saturated heterocycles. The molecule has 0 bridgehead atoms. The Labute approximate surface area is 509 Å². The average molecular weight is 1320 g/mol. The van der Waals surface area contributed by atoms with Crippen LogP contribution in [0.2, 0.25) is 0 Å². The standard InChI is InChI=1S/3C22H20N2O.3CH4.U.V/c1-21(2)17-10-6-7-11-18(17)24(3)22(21)14-23-20-16-9-5-4-8-15(16)12-13-19(20)25-22;2*1-22(2)17-10-6-7-11-18(17)24(3)20(22)14-23-21-16-9-5-4-8-15(16)12-13-19(21)25;;;;;/h3*4-14H,1-3H3;3*1H4;;/p+1/b;20-14+,23-21?;;;;;;. The molecular weight excluding hydrogens is 1250 g/mol. The van der Waals surface area contributed by atoms with Gasteiger partial charge in [-0.2, -0.15) is 4.58 Å². The molecule has 0 amide bonds. The van der Waals surface area contributed by atoms with Gasteiger partial charge in [0.2, 0.25) is 22.9 Å². The number of carbonyl (C=O) groups is 1. The predicted octanol–water partition coefficient (Wildman–Crippen LogP) is 16.3. The Morgan fingerprint density at radius 1 is 0.637 bits per heavy atom. The maximum Gasteiger partial charge on any atom is 0.228 e. The molecule has 1 radical (unpaired) electrons. The van der Waals surface area contributed by atoms with E-state index in [1.807, 2.05) is 104 Å². The zero-order chi connectivity index (χ0) is 52.4. The molecule has 0 fully saturated rings. The zero-order valence-electron chi connectivity index (χ0n) is 44.9. The molecule has 0 aromatic heterocycles. The summed E-state index contributed by atoms with van der Waals surface area (Å²) in [6, 6.07) is 57.3. The summed E-state index contributed by atoms with van der Waals surface area (Å²) < 4.78 is 8.86. The molecular formula is C69H73N6O3UV+. The fourth-order valence-electron chi connectivity index (χ4n) is 11.8. The number of ketones is 1. The second-order valence-corrected chi connectivity index (χ2v) is 21.4. The third-order valence-electron chi connectivity index (χ3n) is 16.1. The van der Waals surface area contributed by atoms with Crippen LogP contribution >= 0.6 is 0 Å². The third-order valence-corrected chi connectivity index (χ3v) is 16.1. The summed E-state index contributed by atoms with van der Waals surface area (Å²) in [5.74, 6) is 0.993. The number of fused-ring (bicyclic) bond motifs is 8. The normalized spacial score (nSPS) is 18.6. The molecule has 4 aliphatic heterocycles. The molecule has 5 aliphatic rings. The molecule has 11 heteroatoms. The maximum atomic E-state index is 12.4. The number of benzene rings is 8. The molecule has 9 nitrogen and oxygen atoms in total. The molecule has 8 aromatic carbocycles. The van der Waals surface area contributed by atoms with Crippen molar-refractivity contribution in [3.05, 3.63) is 216 Å². The van der Waals surface area contributed by atoms with Gasteiger partial charge in [0, 0.05) is 120 Å². The van der Waals surface area contributed by atoms with Gasteiger partial charge in [0.15, 0.2) is 0 Å². The number of nitrogens with zero attached hydrogens (tertiary/aromatic N) is 6. The number of phenols is 1. The van der Waals surface area contributed by atoms with Gasteiger partial charge in [0.1, 0.15) is 35.6 Å². The number of hydrogen-bond acceptors (Lipinski definition) is 8. The van der Waals surface area contributed by atoms with Crippen molar-refractivity contribution >= 4 is 85.7 Å². The number of anilines is 2. The van der Waals surface area contributed by atoms with Crippen LogP contribution in [0.1, 0.15) is 91.6 Å². The Morgan fingerprint density at radius 2 is 1.21 bits per heavy atom. The van der Waals surface area contributed by atoms with Gasteiger partial charge in [0.05, 0.1) is 23.3 Å². The van der Waals surface area contributed by atoms with E-state index in [1.165, 1.54) is 39.1 Å². The van der Waals surface area contributed by atoms with Crippen LogP contribution in [-0.4, -0.2) is 66.2 Å². The van der Waals surface area contributed by atoms with Crippen LogP contribution in [0.4, 0.5) is 28.4 Å². The van der Waals surface area contributed by atoms with E-state index >= 15 is 0 Å². The van der Waals surface area contributed by atoms with E-state index in [2.05, 4.69) is 167 Å². The number of rotatable bonds is 3. The first kappa shape index (κ1) is 62.1. The van der Waals surface area contributed by atoms with E-state index in [-0.39, 0.29) is 99.7 Å². The van der Waals surface area contributed by atoms with Gasteiger partial charge in [0.25, 0.3) is 0 Å². The first-order chi connectivity index (χ1) is 36.0. The number of aromatic hydroxyl groups is 1. The third kappa shape index (κ3) is 10.3.